The van der Waals surface area contributed by atoms with Crippen molar-refractivity contribution in [2.75, 3.05) is 0 Å². The van der Waals surface area contributed by atoms with Crippen molar-refractivity contribution in [2.45, 2.75) is 13.8 Å². The van der Waals surface area contributed by atoms with Gasteiger partial charge >= 0.3 is 5.97 Å². The third-order valence-electron chi connectivity index (χ3n) is 0.428. The summed E-state index contributed by atoms with van der Waals surface area (Å²) in [6, 6.07) is 0. The predicted octanol–water partition coefficient (Wildman–Crippen LogP) is 0.735. The Morgan fingerprint density at radius 3 is 2.75 bits per heavy atom. The fraction of sp³-hybridized carbons (Fsp3) is 0.333. The Morgan fingerprint density at radius 1 is 1.75 bits per heavy atom. The van der Waals surface area contributed by atoms with E-state index in [2.05, 4.69) is 16.6 Å². The maximum absolute atomic E-state index is 10.00. The van der Waals surface area contributed by atoms with Gasteiger partial charge in [-0.2, -0.15) is 0 Å². The van der Waals surface area contributed by atoms with Crippen LogP contribution in [0.4, 0.5) is 0 Å². The molecule has 2 nitrogen and oxygen atoms in total. The summed E-state index contributed by atoms with van der Waals surface area (Å²) in [6.07, 6.45) is 0. The number of carbonyl (C=O) groups is 1. The highest BCUT2D eigenvalue weighted by atomic mass is 16.5. The van der Waals surface area contributed by atoms with Crippen LogP contribution in [0.15, 0.2) is 0 Å². The predicted molar refractivity (Wildman–Crippen MR) is 29.5 cm³/mol. The van der Waals surface area contributed by atoms with Gasteiger partial charge in [0.2, 0.25) is 6.61 Å². The van der Waals surface area contributed by atoms with Crippen molar-refractivity contribution in [3.8, 4) is 11.8 Å². The summed E-state index contributed by atoms with van der Waals surface area (Å²) >= 11 is 0. The van der Waals surface area contributed by atoms with Crippen molar-refractivity contribution in [2.24, 2.45) is 0 Å². The molecule has 0 aromatic carbocycles. The fourth-order valence-corrected chi connectivity index (χ4v) is 0.171. The van der Waals surface area contributed by atoms with Gasteiger partial charge in [-0.3, -0.25) is 4.79 Å². The maximum atomic E-state index is 10.00. The van der Waals surface area contributed by atoms with Gasteiger partial charge < -0.3 is 4.74 Å². The van der Waals surface area contributed by atoms with E-state index < -0.39 is 0 Å². The van der Waals surface area contributed by atoms with Crippen LogP contribution in [0, 0.1) is 18.4 Å². The summed E-state index contributed by atoms with van der Waals surface area (Å²) in [5, 5.41) is 0. The first kappa shape index (κ1) is 7.03. The molecule has 0 N–H and O–H groups in total. The van der Waals surface area contributed by atoms with Crippen LogP contribution in [0.2, 0.25) is 0 Å². The van der Waals surface area contributed by atoms with E-state index in [4.69, 9.17) is 0 Å². The summed E-state index contributed by atoms with van der Waals surface area (Å²) < 4.78 is 4.34. The average molecular weight is 111 g/mol. The number of esters is 1. The van der Waals surface area contributed by atoms with Gasteiger partial charge in [0, 0.05) is 6.92 Å². The van der Waals surface area contributed by atoms with Crippen molar-refractivity contribution < 1.29 is 9.53 Å². The molecular formula is C6H7O2. The lowest BCUT2D eigenvalue weighted by atomic mass is 10.6. The second-order valence-electron chi connectivity index (χ2n) is 1.12. The van der Waals surface area contributed by atoms with Gasteiger partial charge in [0.15, 0.2) is 0 Å². The molecule has 0 heterocycles. The van der Waals surface area contributed by atoms with E-state index in [1.165, 1.54) is 13.5 Å². The second-order valence-corrected chi connectivity index (χ2v) is 1.12. The first-order valence-electron chi connectivity index (χ1n) is 2.18. The molecule has 0 rings (SSSR count). The molecule has 0 aliphatic heterocycles. The molecule has 0 aliphatic carbocycles. The van der Waals surface area contributed by atoms with E-state index in [1.807, 2.05) is 0 Å². The van der Waals surface area contributed by atoms with Crippen molar-refractivity contribution in [3.05, 3.63) is 6.61 Å². The van der Waals surface area contributed by atoms with Gasteiger partial charge in [-0.15, -0.1) is 5.92 Å². The fourth-order valence-electron chi connectivity index (χ4n) is 0.171. The molecule has 0 saturated heterocycles. The van der Waals surface area contributed by atoms with Gasteiger partial charge in [0.1, 0.15) is 0 Å². The number of hydrogen-bond acceptors (Lipinski definition) is 2. The Morgan fingerprint density at radius 2 is 2.38 bits per heavy atom. The smallest absolute Gasteiger partial charge is 0.304 e. The molecule has 0 aromatic rings. The minimum atomic E-state index is -0.340. The monoisotopic (exact) mass is 111 g/mol. The van der Waals surface area contributed by atoms with Gasteiger partial charge in [0.25, 0.3) is 0 Å². The molecule has 0 aliphatic rings. The summed E-state index contributed by atoms with van der Waals surface area (Å²) in [4.78, 5) is 10.00. The zero-order valence-corrected chi connectivity index (χ0v) is 4.89. The molecule has 0 atom stereocenters. The number of ether oxygens (including phenoxy) is 1. The largest absolute Gasteiger partial charge is 0.444 e. The highest BCUT2D eigenvalue weighted by molar-refractivity contribution is 5.66. The number of rotatable bonds is 1. The zero-order valence-electron chi connectivity index (χ0n) is 4.89. The Labute approximate surface area is 48.8 Å². The van der Waals surface area contributed by atoms with Crippen LogP contribution in [0.3, 0.4) is 0 Å². The quantitative estimate of drug-likeness (QED) is 0.368. The van der Waals surface area contributed by atoms with E-state index in [9.17, 15) is 4.79 Å². The third kappa shape index (κ3) is 5.03. The molecule has 0 saturated carbocycles. The van der Waals surface area contributed by atoms with E-state index in [1.54, 1.807) is 6.92 Å². The van der Waals surface area contributed by atoms with Crippen LogP contribution < -0.4 is 0 Å². The summed E-state index contributed by atoms with van der Waals surface area (Å²) in [7, 11) is 0. The lowest BCUT2D eigenvalue weighted by molar-refractivity contribution is -0.136. The minimum absolute atomic E-state index is 0.340. The molecule has 0 bridgehead atoms. The molecule has 0 amide bonds. The molecule has 0 fully saturated rings. The minimum Gasteiger partial charge on any atom is -0.444 e. The van der Waals surface area contributed by atoms with Crippen LogP contribution in [-0.4, -0.2) is 5.97 Å². The van der Waals surface area contributed by atoms with E-state index >= 15 is 0 Å². The highest BCUT2D eigenvalue weighted by Crippen LogP contribution is 1.77. The molecule has 0 unspecified atom stereocenters. The molecule has 43 valence electrons. The van der Waals surface area contributed by atoms with Crippen LogP contribution in [0.5, 0.6) is 0 Å². The summed E-state index contributed by atoms with van der Waals surface area (Å²) in [6.45, 7) is 4.16. The molecule has 2 heteroatoms. The van der Waals surface area contributed by atoms with E-state index in [0.29, 0.717) is 0 Å². The number of hydrogen-bond donors (Lipinski definition) is 0. The average Bonchev–Trinajstić information content (AvgIpc) is 1.66. The molecule has 1 radical (unpaired) electrons. The normalized spacial score (nSPS) is 6.75. The Hall–Kier alpha value is -0.970. The Bertz CT molecular complexity index is 127. The van der Waals surface area contributed by atoms with E-state index in [-0.39, 0.29) is 5.97 Å². The lowest BCUT2D eigenvalue weighted by Gasteiger charge is -1.88. The maximum Gasteiger partial charge on any atom is 0.304 e. The molecular weight excluding hydrogens is 104 g/mol. The second kappa shape index (κ2) is 4.20. The van der Waals surface area contributed by atoms with Crippen LogP contribution in [0.25, 0.3) is 0 Å². The van der Waals surface area contributed by atoms with Gasteiger partial charge in [-0.1, -0.05) is 5.92 Å². The SMILES string of the molecule is CC#C[CH]OC(C)=O. The van der Waals surface area contributed by atoms with Crippen molar-refractivity contribution in [1.82, 2.24) is 0 Å². The Kier molecular flexibility index (Phi) is 3.69. The van der Waals surface area contributed by atoms with Crippen molar-refractivity contribution >= 4 is 5.97 Å². The number of carbonyl (C=O) groups excluding carboxylic acids is 1. The first-order chi connectivity index (χ1) is 3.77. The zero-order chi connectivity index (χ0) is 6.41. The van der Waals surface area contributed by atoms with Gasteiger partial charge in [0.05, 0.1) is 0 Å². The van der Waals surface area contributed by atoms with E-state index in [0.717, 1.165) is 0 Å². The molecule has 0 spiro atoms. The topological polar surface area (TPSA) is 26.3 Å². The summed E-state index contributed by atoms with van der Waals surface area (Å²) in [5.74, 6) is 4.66. The Balaban J connectivity index is 3.14. The van der Waals surface area contributed by atoms with Crippen molar-refractivity contribution in [1.29, 1.82) is 0 Å². The summed E-state index contributed by atoms with van der Waals surface area (Å²) in [5.41, 5.74) is 0. The standard InChI is InChI=1S/C6H7O2/c1-3-4-5-8-6(2)7/h5H,1-2H3. The lowest BCUT2D eigenvalue weighted by Crippen LogP contribution is -1.92. The van der Waals surface area contributed by atoms with Gasteiger partial charge in [-0.05, 0) is 6.92 Å². The van der Waals surface area contributed by atoms with Crippen molar-refractivity contribution in [3.63, 3.8) is 0 Å². The first-order valence-corrected chi connectivity index (χ1v) is 2.18. The van der Waals surface area contributed by atoms with Crippen LogP contribution in [-0.2, 0) is 9.53 Å². The molecule has 8 heavy (non-hydrogen) atoms. The van der Waals surface area contributed by atoms with Crippen LogP contribution in [0.1, 0.15) is 13.8 Å². The van der Waals surface area contributed by atoms with Gasteiger partial charge in [-0.25, -0.2) is 0 Å². The molecule has 0 aromatic heterocycles. The van der Waals surface area contributed by atoms with Crippen LogP contribution >= 0.6 is 0 Å². The highest BCUT2D eigenvalue weighted by Gasteiger charge is 1.85. The third-order valence-corrected chi connectivity index (χ3v) is 0.428.